The number of halogens is 1. The van der Waals surface area contributed by atoms with Crippen molar-refractivity contribution in [1.29, 1.82) is 5.26 Å². The van der Waals surface area contributed by atoms with Crippen molar-refractivity contribution in [1.82, 2.24) is 0 Å². The highest BCUT2D eigenvalue weighted by atomic mass is 79.9. The largest absolute Gasteiger partial charge is 0.479 e. The lowest BCUT2D eigenvalue weighted by molar-refractivity contribution is 0.368. The van der Waals surface area contributed by atoms with E-state index in [4.69, 9.17) is 10.00 Å². The van der Waals surface area contributed by atoms with E-state index >= 15 is 0 Å². The van der Waals surface area contributed by atoms with E-state index in [1.54, 1.807) is 30.3 Å². The molecular formula is C14H11BrN2O3S. The van der Waals surface area contributed by atoms with Crippen molar-refractivity contribution in [2.24, 2.45) is 0 Å². The van der Waals surface area contributed by atoms with Gasteiger partial charge < -0.3 is 4.74 Å². The van der Waals surface area contributed by atoms with Crippen LogP contribution in [-0.2, 0) is 10.0 Å². The number of nitrogens with one attached hydrogen (secondary N) is 1. The smallest absolute Gasteiger partial charge is 0.261 e. The third kappa shape index (κ3) is 4.21. The van der Waals surface area contributed by atoms with Crippen LogP contribution in [0.2, 0.25) is 0 Å². The highest BCUT2D eigenvalue weighted by Gasteiger charge is 2.14. The van der Waals surface area contributed by atoms with Crippen molar-refractivity contribution in [2.75, 3.05) is 11.3 Å². The molecule has 0 amide bonds. The molecule has 108 valence electrons. The second kappa shape index (κ2) is 6.61. The topological polar surface area (TPSA) is 79.2 Å². The summed E-state index contributed by atoms with van der Waals surface area (Å²) < 4.78 is 32.8. The molecule has 2 aromatic rings. The number of nitrogens with zero attached hydrogens (tertiary/aromatic N) is 1. The standard InChI is InChI=1S/C14H11BrN2O3S/c15-11-3-1-6-14(9-11)21(18,19)17-12-4-2-5-13(10-12)20-8-7-16/h1-6,9-10,17H,8H2. The van der Waals surface area contributed by atoms with Crippen molar-refractivity contribution in [3.63, 3.8) is 0 Å². The van der Waals surface area contributed by atoms with Crippen LogP contribution in [0.5, 0.6) is 5.75 Å². The monoisotopic (exact) mass is 366 g/mol. The minimum atomic E-state index is -3.67. The molecule has 0 unspecified atom stereocenters. The third-order valence-electron chi connectivity index (χ3n) is 2.50. The van der Waals surface area contributed by atoms with E-state index < -0.39 is 10.0 Å². The summed E-state index contributed by atoms with van der Waals surface area (Å²) in [5, 5.41) is 8.47. The van der Waals surface area contributed by atoms with Crippen LogP contribution >= 0.6 is 15.9 Å². The van der Waals surface area contributed by atoms with Crippen molar-refractivity contribution >= 4 is 31.6 Å². The SMILES string of the molecule is N#CCOc1cccc(NS(=O)(=O)c2cccc(Br)c2)c1. The van der Waals surface area contributed by atoms with Crippen molar-refractivity contribution in [2.45, 2.75) is 4.90 Å². The van der Waals surface area contributed by atoms with Gasteiger partial charge in [0.2, 0.25) is 0 Å². The van der Waals surface area contributed by atoms with Gasteiger partial charge in [-0.2, -0.15) is 5.26 Å². The molecule has 0 saturated carbocycles. The molecule has 0 heterocycles. The second-order valence-electron chi connectivity index (χ2n) is 4.04. The number of hydrogen-bond acceptors (Lipinski definition) is 4. The van der Waals surface area contributed by atoms with Gasteiger partial charge in [-0.15, -0.1) is 0 Å². The molecule has 21 heavy (non-hydrogen) atoms. The van der Waals surface area contributed by atoms with Gasteiger partial charge in [0.1, 0.15) is 11.8 Å². The zero-order valence-electron chi connectivity index (χ0n) is 10.8. The minimum Gasteiger partial charge on any atom is -0.479 e. The van der Waals surface area contributed by atoms with E-state index in [0.717, 1.165) is 0 Å². The Hall–Kier alpha value is -2.04. The van der Waals surface area contributed by atoms with Crippen LogP contribution in [0.25, 0.3) is 0 Å². The number of benzene rings is 2. The van der Waals surface area contributed by atoms with Gasteiger partial charge in [0.05, 0.1) is 10.6 Å². The predicted molar refractivity (Wildman–Crippen MR) is 82.5 cm³/mol. The fourth-order valence-electron chi connectivity index (χ4n) is 1.61. The maximum Gasteiger partial charge on any atom is 0.261 e. The van der Waals surface area contributed by atoms with Gasteiger partial charge in [-0.1, -0.05) is 28.1 Å². The van der Waals surface area contributed by atoms with Gasteiger partial charge in [0, 0.05) is 10.5 Å². The number of nitriles is 1. The molecule has 0 aliphatic carbocycles. The second-order valence-corrected chi connectivity index (χ2v) is 6.64. The predicted octanol–water partition coefficient (Wildman–Crippen LogP) is 3.15. The highest BCUT2D eigenvalue weighted by Crippen LogP contribution is 2.22. The van der Waals surface area contributed by atoms with Crippen LogP contribution < -0.4 is 9.46 Å². The van der Waals surface area contributed by atoms with E-state index in [2.05, 4.69) is 20.7 Å². The third-order valence-corrected chi connectivity index (χ3v) is 4.37. The van der Waals surface area contributed by atoms with E-state index in [1.807, 2.05) is 6.07 Å². The molecule has 0 aromatic heterocycles. The van der Waals surface area contributed by atoms with Crippen LogP contribution in [0.3, 0.4) is 0 Å². The summed E-state index contributed by atoms with van der Waals surface area (Å²) in [6.07, 6.45) is 0. The summed E-state index contributed by atoms with van der Waals surface area (Å²) >= 11 is 3.24. The zero-order chi connectivity index (χ0) is 15.3. The van der Waals surface area contributed by atoms with Gasteiger partial charge >= 0.3 is 0 Å². The van der Waals surface area contributed by atoms with Crippen LogP contribution in [0.15, 0.2) is 57.9 Å². The first kappa shape index (κ1) is 15.4. The van der Waals surface area contributed by atoms with Crippen LogP contribution in [0.4, 0.5) is 5.69 Å². The molecule has 0 fully saturated rings. The summed E-state index contributed by atoms with van der Waals surface area (Å²) in [6, 6.07) is 14.7. The molecule has 5 nitrogen and oxygen atoms in total. The molecule has 0 spiro atoms. The molecule has 7 heteroatoms. The average Bonchev–Trinajstić information content (AvgIpc) is 2.45. The van der Waals surface area contributed by atoms with Crippen LogP contribution in [0, 0.1) is 11.3 Å². The minimum absolute atomic E-state index is 0.0954. The maximum absolute atomic E-state index is 12.3. The molecule has 2 aromatic carbocycles. The van der Waals surface area contributed by atoms with E-state index in [1.165, 1.54) is 18.2 Å². The summed E-state index contributed by atoms with van der Waals surface area (Å²) in [4.78, 5) is 0.153. The van der Waals surface area contributed by atoms with Crippen LogP contribution in [-0.4, -0.2) is 15.0 Å². The molecule has 0 aliphatic rings. The zero-order valence-corrected chi connectivity index (χ0v) is 13.2. The summed E-state index contributed by atoms with van der Waals surface area (Å²) in [6.45, 7) is -0.0954. The number of anilines is 1. The molecule has 0 saturated heterocycles. The fourth-order valence-corrected chi connectivity index (χ4v) is 3.26. The molecule has 1 N–H and O–H groups in total. The Kier molecular flexibility index (Phi) is 4.83. The molecule has 0 aliphatic heterocycles. The van der Waals surface area contributed by atoms with E-state index in [9.17, 15) is 8.42 Å². The van der Waals surface area contributed by atoms with Gasteiger partial charge in [-0.05, 0) is 30.3 Å². The Morgan fingerprint density at radius 1 is 1.19 bits per heavy atom. The Balaban J connectivity index is 2.23. The molecule has 0 atom stereocenters. The molecule has 2 rings (SSSR count). The Labute approximate surface area is 131 Å². The Morgan fingerprint density at radius 3 is 2.67 bits per heavy atom. The Bertz CT molecular complexity index is 785. The van der Waals surface area contributed by atoms with Gasteiger partial charge in [0.15, 0.2) is 6.61 Å². The van der Waals surface area contributed by atoms with E-state index in [0.29, 0.717) is 15.9 Å². The number of hydrogen-bond donors (Lipinski definition) is 1. The lowest BCUT2D eigenvalue weighted by Crippen LogP contribution is -2.12. The maximum atomic E-state index is 12.3. The first-order valence-corrected chi connectivity index (χ1v) is 8.17. The highest BCUT2D eigenvalue weighted by molar-refractivity contribution is 9.10. The number of ether oxygens (including phenoxy) is 1. The first-order chi connectivity index (χ1) is 10.0. The average molecular weight is 367 g/mol. The van der Waals surface area contributed by atoms with Crippen LogP contribution in [0.1, 0.15) is 0 Å². The quantitative estimate of drug-likeness (QED) is 0.881. The van der Waals surface area contributed by atoms with Crippen molar-refractivity contribution in [3.8, 4) is 11.8 Å². The van der Waals surface area contributed by atoms with Gasteiger partial charge in [0.25, 0.3) is 10.0 Å². The van der Waals surface area contributed by atoms with Crippen molar-refractivity contribution in [3.05, 3.63) is 53.0 Å². The van der Waals surface area contributed by atoms with Crippen molar-refractivity contribution < 1.29 is 13.2 Å². The van der Waals surface area contributed by atoms with E-state index in [-0.39, 0.29) is 11.5 Å². The normalized spacial score (nSPS) is 10.7. The Morgan fingerprint density at radius 2 is 1.95 bits per heavy atom. The fraction of sp³-hybridized carbons (Fsp3) is 0.0714. The lowest BCUT2D eigenvalue weighted by atomic mass is 10.3. The number of rotatable bonds is 5. The summed E-state index contributed by atoms with van der Waals surface area (Å²) in [5.41, 5.74) is 0.366. The first-order valence-electron chi connectivity index (χ1n) is 5.89. The van der Waals surface area contributed by atoms with Gasteiger partial charge in [-0.3, -0.25) is 4.72 Å². The molecule has 0 bridgehead atoms. The lowest BCUT2D eigenvalue weighted by Gasteiger charge is -2.09. The molecule has 0 radical (unpaired) electrons. The number of sulfonamides is 1. The van der Waals surface area contributed by atoms with Gasteiger partial charge in [-0.25, -0.2) is 8.42 Å². The summed E-state index contributed by atoms with van der Waals surface area (Å²) in [5.74, 6) is 0.422. The summed E-state index contributed by atoms with van der Waals surface area (Å²) in [7, 11) is -3.67. The molecular weight excluding hydrogens is 356 g/mol.